The highest BCUT2D eigenvalue weighted by atomic mass is 16.5. The van der Waals surface area contributed by atoms with Gasteiger partial charge in [0.2, 0.25) is 0 Å². The number of nitrogens with zero attached hydrogens (tertiary/aromatic N) is 3. The summed E-state index contributed by atoms with van der Waals surface area (Å²) in [5, 5.41) is 15.0. The van der Waals surface area contributed by atoms with Crippen molar-refractivity contribution in [1.82, 2.24) is 15.0 Å². The molecule has 8 nitrogen and oxygen atoms in total. The molecule has 0 spiro atoms. The number of fused-ring (bicyclic) bond motifs is 3. The fourth-order valence-electron chi connectivity index (χ4n) is 4.10. The number of rotatable bonds is 7. The molecule has 5 aromatic rings. The highest BCUT2D eigenvalue weighted by molar-refractivity contribution is 6.10. The van der Waals surface area contributed by atoms with Gasteiger partial charge in [0.05, 0.1) is 37.3 Å². The Labute approximate surface area is 202 Å². The van der Waals surface area contributed by atoms with E-state index >= 15 is 0 Å². The van der Waals surface area contributed by atoms with Crippen LogP contribution in [0.15, 0.2) is 67.1 Å². The zero-order valence-electron chi connectivity index (χ0n) is 19.4. The number of hydrogen-bond acceptors (Lipinski definition) is 8. The second-order valence-corrected chi connectivity index (χ2v) is 8.09. The summed E-state index contributed by atoms with van der Waals surface area (Å²) in [6.45, 7) is 0.131. The topological polar surface area (TPSA) is 115 Å². The zero-order chi connectivity index (χ0) is 24.4. The molecule has 0 atom stereocenters. The Balaban J connectivity index is 1.55. The highest BCUT2D eigenvalue weighted by Crippen LogP contribution is 2.37. The van der Waals surface area contributed by atoms with Crippen molar-refractivity contribution in [2.75, 3.05) is 31.9 Å². The van der Waals surface area contributed by atoms with Crippen molar-refractivity contribution < 1.29 is 14.6 Å². The molecule has 3 aromatic heterocycles. The van der Waals surface area contributed by atoms with E-state index < -0.39 is 0 Å². The summed E-state index contributed by atoms with van der Waals surface area (Å²) in [4.78, 5) is 13.6. The molecule has 0 amide bonds. The molecule has 35 heavy (non-hydrogen) atoms. The van der Waals surface area contributed by atoms with Crippen molar-refractivity contribution in [2.45, 2.75) is 6.42 Å². The van der Waals surface area contributed by atoms with Crippen LogP contribution in [-0.4, -0.2) is 40.9 Å². The Kier molecular flexibility index (Phi) is 6.03. The van der Waals surface area contributed by atoms with Crippen molar-refractivity contribution in [3.05, 3.63) is 72.7 Å². The van der Waals surface area contributed by atoms with Gasteiger partial charge in [0.15, 0.2) is 11.5 Å². The molecule has 0 aliphatic rings. The summed E-state index contributed by atoms with van der Waals surface area (Å²) in [7, 11) is 3.20. The summed E-state index contributed by atoms with van der Waals surface area (Å²) in [6.07, 6.45) is 5.88. The van der Waals surface area contributed by atoms with Crippen LogP contribution in [-0.2, 0) is 6.42 Å². The standard InChI is InChI=1S/C27H25N5O3/c1-34-25-11-21-20-10-23(32-27(28)22(20)15-30-24(21)12-26(25)35-2)17-9-19(14-29-13-17)31-18-5-3-16(4-6-18)7-8-33/h3-6,9-15,31,33H,7-8H2,1-2H3,(H2,28,32). The maximum Gasteiger partial charge on any atom is 0.162 e. The first-order valence-electron chi connectivity index (χ1n) is 11.1. The first-order chi connectivity index (χ1) is 17.1. The first kappa shape index (κ1) is 22.4. The number of aliphatic hydroxyl groups is 1. The van der Waals surface area contributed by atoms with E-state index in [2.05, 4.69) is 20.3 Å². The highest BCUT2D eigenvalue weighted by Gasteiger charge is 2.14. The maximum absolute atomic E-state index is 9.10. The summed E-state index contributed by atoms with van der Waals surface area (Å²) in [5.41, 5.74) is 11.5. The molecule has 3 heterocycles. The van der Waals surface area contributed by atoms with E-state index in [-0.39, 0.29) is 6.61 Å². The predicted molar refractivity (Wildman–Crippen MR) is 138 cm³/mol. The van der Waals surface area contributed by atoms with Crippen molar-refractivity contribution >= 4 is 38.9 Å². The average Bonchev–Trinajstić information content (AvgIpc) is 2.89. The molecule has 0 saturated carbocycles. The lowest BCUT2D eigenvalue weighted by Gasteiger charge is -2.13. The Morgan fingerprint density at radius 1 is 0.857 bits per heavy atom. The quantitative estimate of drug-likeness (QED) is 0.295. The molecule has 176 valence electrons. The van der Waals surface area contributed by atoms with Crippen LogP contribution in [0.3, 0.4) is 0 Å². The number of hydrogen-bond donors (Lipinski definition) is 3. The van der Waals surface area contributed by atoms with Gasteiger partial charge in [-0.15, -0.1) is 0 Å². The number of aliphatic hydroxyl groups excluding tert-OH is 1. The summed E-state index contributed by atoms with van der Waals surface area (Å²) < 4.78 is 10.9. The fraction of sp³-hybridized carbons (Fsp3) is 0.148. The number of nitrogens with one attached hydrogen (secondary N) is 1. The third-order valence-corrected chi connectivity index (χ3v) is 5.89. The number of aromatic nitrogens is 3. The molecule has 0 radical (unpaired) electrons. The molecule has 0 fully saturated rings. The minimum atomic E-state index is 0.131. The van der Waals surface area contributed by atoms with E-state index in [1.807, 2.05) is 48.5 Å². The third kappa shape index (κ3) is 4.39. The van der Waals surface area contributed by atoms with E-state index in [0.717, 1.165) is 44.2 Å². The number of benzene rings is 2. The van der Waals surface area contributed by atoms with Crippen LogP contribution in [0.5, 0.6) is 11.5 Å². The smallest absolute Gasteiger partial charge is 0.162 e. The van der Waals surface area contributed by atoms with E-state index in [0.29, 0.717) is 29.4 Å². The Morgan fingerprint density at radius 3 is 2.37 bits per heavy atom. The van der Waals surface area contributed by atoms with Crippen LogP contribution in [0.25, 0.3) is 32.9 Å². The monoisotopic (exact) mass is 467 g/mol. The minimum absolute atomic E-state index is 0.131. The van der Waals surface area contributed by atoms with Gasteiger partial charge in [0, 0.05) is 47.1 Å². The van der Waals surface area contributed by atoms with Crippen LogP contribution in [0.4, 0.5) is 17.2 Å². The number of methoxy groups -OCH3 is 2. The van der Waals surface area contributed by atoms with Gasteiger partial charge in [-0.05, 0) is 47.7 Å². The Morgan fingerprint density at radius 2 is 1.63 bits per heavy atom. The number of nitrogen functional groups attached to an aromatic ring is 1. The van der Waals surface area contributed by atoms with Gasteiger partial charge in [-0.3, -0.25) is 9.97 Å². The number of pyridine rings is 3. The third-order valence-electron chi connectivity index (χ3n) is 5.89. The lowest BCUT2D eigenvalue weighted by atomic mass is 10.0. The summed E-state index contributed by atoms with van der Waals surface area (Å²) in [5.74, 6) is 1.62. The minimum Gasteiger partial charge on any atom is -0.493 e. The molecule has 5 rings (SSSR count). The predicted octanol–water partition coefficient (Wildman–Crippen LogP) is 4.72. The van der Waals surface area contributed by atoms with Gasteiger partial charge >= 0.3 is 0 Å². The number of anilines is 3. The fourth-order valence-corrected chi connectivity index (χ4v) is 4.10. The normalized spacial score (nSPS) is 11.1. The van der Waals surface area contributed by atoms with Crippen LogP contribution in [0, 0.1) is 0 Å². The zero-order valence-corrected chi connectivity index (χ0v) is 19.4. The van der Waals surface area contributed by atoms with E-state index in [9.17, 15) is 0 Å². The Hall–Kier alpha value is -4.43. The molecule has 4 N–H and O–H groups in total. The molecule has 8 heteroatoms. The molecule has 0 aliphatic carbocycles. The van der Waals surface area contributed by atoms with Crippen LogP contribution < -0.4 is 20.5 Å². The second-order valence-electron chi connectivity index (χ2n) is 8.09. The van der Waals surface area contributed by atoms with Crippen LogP contribution >= 0.6 is 0 Å². The molecule has 0 aliphatic heterocycles. The molecular weight excluding hydrogens is 442 g/mol. The molecule has 0 unspecified atom stereocenters. The van der Waals surface area contributed by atoms with Gasteiger partial charge in [-0.25, -0.2) is 4.98 Å². The van der Waals surface area contributed by atoms with E-state index in [1.165, 1.54) is 0 Å². The molecule has 2 aromatic carbocycles. The first-order valence-corrected chi connectivity index (χ1v) is 11.1. The second kappa shape index (κ2) is 9.44. The van der Waals surface area contributed by atoms with Gasteiger partial charge in [0.1, 0.15) is 5.82 Å². The van der Waals surface area contributed by atoms with Crippen molar-refractivity contribution in [2.24, 2.45) is 0 Å². The van der Waals surface area contributed by atoms with Gasteiger partial charge in [-0.1, -0.05) is 12.1 Å². The number of ether oxygens (including phenoxy) is 2. The van der Waals surface area contributed by atoms with Crippen molar-refractivity contribution in [1.29, 1.82) is 0 Å². The maximum atomic E-state index is 9.10. The molecule has 0 saturated heterocycles. The van der Waals surface area contributed by atoms with E-state index in [4.69, 9.17) is 20.3 Å². The van der Waals surface area contributed by atoms with Crippen LogP contribution in [0.1, 0.15) is 5.56 Å². The summed E-state index contributed by atoms with van der Waals surface area (Å²) >= 11 is 0. The van der Waals surface area contributed by atoms with Gasteiger partial charge < -0.3 is 25.6 Å². The lowest BCUT2D eigenvalue weighted by Crippen LogP contribution is -1.98. The van der Waals surface area contributed by atoms with Crippen molar-refractivity contribution in [3.63, 3.8) is 0 Å². The van der Waals surface area contributed by atoms with E-state index in [1.54, 1.807) is 32.8 Å². The summed E-state index contributed by atoms with van der Waals surface area (Å²) in [6, 6.07) is 15.7. The number of nitrogens with two attached hydrogens (primary N) is 1. The molecule has 0 bridgehead atoms. The average molecular weight is 468 g/mol. The molecular formula is C27H25N5O3. The largest absolute Gasteiger partial charge is 0.493 e. The van der Waals surface area contributed by atoms with Crippen LogP contribution in [0.2, 0.25) is 0 Å². The Bertz CT molecular complexity index is 1520. The van der Waals surface area contributed by atoms with Gasteiger partial charge in [-0.2, -0.15) is 0 Å². The van der Waals surface area contributed by atoms with Crippen molar-refractivity contribution in [3.8, 4) is 22.8 Å². The SMILES string of the molecule is COc1cc2ncc3c(N)nc(-c4cncc(Nc5ccc(CCO)cc5)c4)cc3c2cc1OC. The van der Waals surface area contributed by atoms with Gasteiger partial charge in [0.25, 0.3) is 0 Å². The lowest BCUT2D eigenvalue weighted by molar-refractivity contribution is 0.299.